The standard InChI is InChI=1S/C18H13BrCl2N2O.C3H4N2/c1-24-17-6-3-12(19)8-11(17)2-7-18-22-10-16(23-18)14-5-4-13(20)9-15(14)21;1-2-5-3-4-1/h2-10H,1H3,(H,22,23);1-3H,(H,4,5). The number of methoxy groups -OCH3 is 1. The fourth-order valence-corrected chi connectivity index (χ4v) is 3.37. The third-order valence-corrected chi connectivity index (χ3v) is 4.88. The summed E-state index contributed by atoms with van der Waals surface area (Å²) in [4.78, 5) is 14.0. The van der Waals surface area contributed by atoms with Crippen LogP contribution in [0.5, 0.6) is 5.75 Å². The zero-order chi connectivity index (χ0) is 20.6. The van der Waals surface area contributed by atoms with Crippen molar-refractivity contribution in [3.8, 4) is 17.0 Å². The van der Waals surface area contributed by atoms with Gasteiger partial charge < -0.3 is 14.7 Å². The minimum Gasteiger partial charge on any atom is -0.496 e. The van der Waals surface area contributed by atoms with Crippen LogP contribution in [0.2, 0.25) is 10.0 Å². The molecule has 0 saturated heterocycles. The molecule has 0 aliphatic rings. The number of hydrogen-bond donors (Lipinski definition) is 2. The Kier molecular flexibility index (Phi) is 7.52. The third-order valence-electron chi connectivity index (χ3n) is 3.84. The molecule has 0 atom stereocenters. The van der Waals surface area contributed by atoms with Crippen molar-refractivity contribution in [2.24, 2.45) is 0 Å². The van der Waals surface area contributed by atoms with E-state index in [-0.39, 0.29) is 0 Å². The molecule has 5 nitrogen and oxygen atoms in total. The van der Waals surface area contributed by atoms with Gasteiger partial charge in [0, 0.05) is 33.0 Å². The molecule has 0 spiro atoms. The summed E-state index contributed by atoms with van der Waals surface area (Å²) in [5.41, 5.74) is 2.64. The molecule has 29 heavy (non-hydrogen) atoms. The number of nitrogens with zero attached hydrogens (tertiary/aromatic N) is 2. The minimum absolute atomic E-state index is 0.579. The lowest BCUT2D eigenvalue weighted by Crippen LogP contribution is -1.86. The quantitative estimate of drug-likeness (QED) is 0.332. The second-order valence-electron chi connectivity index (χ2n) is 5.79. The summed E-state index contributed by atoms with van der Waals surface area (Å²) in [6.45, 7) is 0. The van der Waals surface area contributed by atoms with E-state index in [0.29, 0.717) is 10.0 Å². The molecule has 2 N–H and O–H groups in total. The van der Waals surface area contributed by atoms with Gasteiger partial charge in [0.2, 0.25) is 0 Å². The number of ether oxygens (including phenoxy) is 1. The van der Waals surface area contributed by atoms with Gasteiger partial charge in [0.05, 0.1) is 30.4 Å². The minimum atomic E-state index is 0.579. The van der Waals surface area contributed by atoms with Crippen LogP contribution < -0.4 is 4.74 Å². The molecule has 0 amide bonds. The van der Waals surface area contributed by atoms with Crippen molar-refractivity contribution >= 4 is 51.3 Å². The molecule has 2 aromatic heterocycles. The zero-order valence-electron chi connectivity index (χ0n) is 15.4. The van der Waals surface area contributed by atoms with Gasteiger partial charge in [-0.1, -0.05) is 39.1 Å². The number of imidazole rings is 2. The highest BCUT2D eigenvalue weighted by molar-refractivity contribution is 9.10. The summed E-state index contributed by atoms with van der Waals surface area (Å²) in [6, 6.07) is 11.2. The molecule has 2 heterocycles. The summed E-state index contributed by atoms with van der Waals surface area (Å²) in [7, 11) is 1.65. The van der Waals surface area contributed by atoms with Crippen LogP contribution in [0.4, 0.5) is 0 Å². The molecule has 4 aromatic rings. The van der Waals surface area contributed by atoms with Crippen molar-refractivity contribution in [2.45, 2.75) is 0 Å². The number of rotatable bonds is 4. The Labute approximate surface area is 186 Å². The van der Waals surface area contributed by atoms with Gasteiger partial charge in [-0.15, -0.1) is 0 Å². The Hall–Kier alpha value is -2.54. The summed E-state index contributed by atoms with van der Waals surface area (Å²) in [5.74, 6) is 1.51. The highest BCUT2D eigenvalue weighted by Crippen LogP contribution is 2.29. The highest BCUT2D eigenvalue weighted by atomic mass is 79.9. The fraction of sp³-hybridized carbons (Fsp3) is 0.0476. The van der Waals surface area contributed by atoms with E-state index >= 15 is 0 Å². The van der Waals surface area contributed by atoms with Gasteiger partial charge in [0.15, 0.2) is 0 Å². The first-order valence-corrected chi connectivity index (χ1v) is 10.1. The maximum atomic E-state index is 6.23. The van der Waals surface area contributed by atoms with Gasteiger partial charge in [0.25, 0.3) is 0 Å². The molecule has 4 rings (SSSR count). The zero-order valence-corrected chi connectivity index (χ0v) is 18.5. The molecule has 148 valence electrons. The van der Waals surface area contributed by atoms with Gasteiger partial charge in [-0.05, 0) is 48.6 Å². The molecule has 8 heteroatoms. The maximum absolute atomic E-state index is 6.23. The fourth-order valence-electron chi connectivity index (χ4n) is 2.49. The van der Waals surface area contributed by atoms with Crippen LogP contribution in [-0.4, -0.2) is 27.0 Å². The molecule has 0 fully saturated rings. The van der Waals surface area contributed by atoms with Crippen LogP contribution in [0.15, 0.2) is 65.8 Å². The van der Waals surface area contributed by atoms with E-state index in [1.807, 2.05) is 36.4 Å². The number of aromatic nitrogens is 4. The van der Waals surface area contributed by atoms with Gasteiger partial charge in [-0.25, -0.2) is 9.97 Å². The molecule has 2 aromatic carbocycles. The van der Waals surface area contributed by atoms with Gasteiger partial charge in [-0.2, -0.15) is 0 Å². The molecule has 0 saturated carbocycles. The molecule has 0 aliphatic heterocycles. The van der Waals surface area contributed by atoms with Crippen LogP contribution in [0, 0.1) is 0 Å². The van der Waals surface area contributed by atoms with Crippen molar-refractivity contribution in [1.29, 1.82) is 0 Å². The Morgan fingerprint density at radius 1 is 1.10 bits per heavy atom. The van der Waals surface area contributed by atoms with Crippen molar-refractivity contribution < 1.29 is 4.74 Å². The van der Waals surface area contributed by atoms with E-state index in [1.54, 1.807) is 44.2 Å². The Morgan fingerprint density at radius 3 is 2.62 bits per heavy atom. The predicted octanol–water partition coefficient (Wildman–Crippen LogP) is 6.73. The van der Waals surface area contributed by atoms with Crippen molar-refractivity contribution in [1.82, 2.24) is 19.9 Å². The molecule has 0 unspecified atom stereocenters. The maximum Gasteiger partial charge on any atom is 0.130 e. The van der Waals surface area contributed by atoms with Gasteiger partial charge in [0.1, 0.15) is 11.6 Å². The van der Waals surface area contributed by atoms with Crippen LogP contribution in [-0.2, 0) is 0 Å². The molecule has 0 radical (unpaired) electrons. The third kappa shape index (κ3) is 5.97. The Balaban J connectivity index is 0.000000419. The normalized spacial score (nSPS) is 10.6. The summed E-state index contributed by atoms with van der Waals surface area (Å²) < 4.78 is 6.34. The lowest BCUT2D eigenvalue weighted by Gasteiger charge is -2.04. The van der Waals surface area contributed by atoms with Crippen molar-refractivity contribution in [3.63, 3.8) is 0 Å². The first kappa shape index (κ1) is 21.2. The average molecular weight is 492 g/mol. The van der Waals surface area contributed by atoms with E-state index in [0.717, 1.165) is 32.9 Å². The number of hydrogen-bond acceptors (Lipinski definition) is 3. The first-order chi connectivity index (χ1) is 14.1. The molecular formula is C21H17BrCl2N4O. The molecule has 0 bridgehead atoms. The summed E-state index contributed by atoms with van der Waals surface area (Å²) in [6.07, 6.45) is 10.7. The van der Waals surface area contributed by atoms with Gasteiger partial charge >= 0.3 is 0 Å². The van der Waals surface area contributed by atoms with Crippen LogP contribution in [0.25, 0.3) is 23.4 Å². The number of aromatic amines is 2. The van der Waals surface area contributed by atoms with Crippen molar-refractivity contribution in [3.05, 3.63) is 87.2 Å². The van der Waals surface area contributed by atoms with Crippen LogP contribution >= 0.6 is 39.1 Å². The smallest absolute Gasteiger partial charge is 0.130 e. The van der Waals surface area contributed by atoms with E-state index in [2.05, 4.69) is 35.9 Å². The average Bonchev–Trinajstić information content (AvgIpc) is 3.42. The predicted molar refractivity (Wildman–Crippen MR) is 122 cm³/mol. The van der Waals surface area contributed by atoms with Crippen molar-refractivity contribution in [2.75, 3.05) is 7.11 Å². The first-order valence-electron chi connectivity index (χ1n) is 8.51. The number of halogens is 3. The number of benzene rings is 2. The van der Waals surface area contributed by atoms with Crippen LogP contribution in [0.3, 0.4) is 0 Å². The SMILES string of the molecule is COc1ccc(Br)cc1C=Cc1ncc(-c2ccc(Cl)cc2Cl)[nH]1.c1c[nH]cn1. The van der Waals surface area contributed by atoms with Crippen LogP contribution in [0.1, 0.15) is 11.4 Å². The van der Waals surface area contributed by atoms with E-state index in [4.69, 9.17) is 27.9 Å². The monoisotopic (exact) mass is 490 g/mol. The van der Waals surface area contributed by atoms with E-state index in [1.165, 1.54) is 0 Å². The second kappa shape index (κ2) is 10.3. The number of H-pyrrole nitrogens is 2. The van der Waals surface area contributed by atoms with E-state index < -0.39 is 0 Å². The summed E-state index contributed by atoms with van der Waals surface area (Å²) in [5, 5.41) is 1.18. The largest absolute Gasteiger partial charge is 0.496 e. The Morgan fingerprint density at radius 2 is 1.97 bits per heavy atom. The second-order valence-corrected chi connectivity index (χ2v) is 7.55. The molecular weight excluding hydrogens is 475 g/mol. The topological polar surface area (TPSA) is 66.6 Å². The Bertz CT molecular complexity index is 1080. The van der Waals surface area contributed by atoms with Gasteiger partial charge in [-0.3, -0.25) is 0 Å². The summed E-state index contributed by atoms with van der Waals surface area (Å²) >= 11 is 15.6. The van der Waals surface area contributed by atoms with E-state index in [9.17, 15) is 0 Å². The number of nitrogens with one attached hydrogen (secondary N) is 2. The lowest BCUT2D eigenvalue weighted by molar-refractivity contribution is 0.414. The molecule has 0 aliphatic carbocycles. The lowest BCUT2D eigenvalue weighted by atomic mass is 10.2. The highest BCUT2D eigenvalue weighted by Gasteiger charge is 2.07.